The summed E-state index contributed by atoms with van der Waals surface area (Å²) in [7, 11) is -0.535. The summed E-state index contributed by atoms with van der Waals surface area (Å²) in [6, 6.07) is 6.32. The minimum atomic E-state index is -3.76. The molecule has 8 nitrogen and oxygen atoms in total. The first-order chi connectivity index (χ1) is 11.8. The van der Waals surface area contributed by atoms with Gasteiger partial charge in [-0.25, -0.2) is 8.42 Å². The molecule has 0 spiro atoms. The molecule has 1 saturated heterocycles. The van der Waals surface area contributed by atoms with E-state index in [9.17, 15) is 13.2 Å². The summed E-state index contributed by atoms with van der Waals surface area (Å²) >= 11 is 0. The van der Waals surface area contributed by atoms with Crippen molar-refractivity contribution in [2.75, 3.05) is 25.1 Å². The molecule has 0 N–H and O–H groups in total. The molecule has 2 heterocycles. The van der Waals surface area contributed by atoms with Crippen molar-refractivity contribution in [2.45, 2.75) is 17.9 Å². The Morgan fingerprint density at radius 1 is 1.20 bits per heavy atom. The van der Waals surface area contributed by atoms with Gasteiger partial charge in [-0.05, 0) is 31.2 Å². The average molecular weight is 364 g/mol. The zero-order valence-corrected chi connectivity index (χ0v) is 15.1. The highest BCUT2D eigenvalue weighted by molar-refractivity contribution is 7.89. The largest absolute Gasteiger partial charge is 0.497 e. The normalized spacial score (nSPS) is 19.2. The molecule has 3 rings (SSSR count). The second-order valence-corrected chi connectivity index (χ2v) is 7.72. The number of ether oxygens (including phenoxy) is 1. The van der Waals surface area contributed by atoms with Crippen molar-refractivity contribution in [3.63, 3.8) is 0 Å². The second-order valence-electron chi connectivity index (χ2n) is 5.83. The number of sulfonamides is 1. The fourth-order valence-corrected chi connectivity index (χ4v) is 4.43. The van der Waals surface area contributed by atoms with Gasteiger partial charge in [-0.2, -0.15) is 9.40 Å². The third-order valence-corrected chi connectivity index (χ3v) is 6.19. The van der Waals surface area contributed by atoms with E-state index in [0.29, 0.717) is 5.75 Å². The number of rotatable bonds is 4. The molecule has 1 aromatic carbocycles. The predicted octanol–water partition coefficient (Wildman–Crippen LogP) is 0.855. The third-order valence-electron chi connectivity index (χ3n) is 4.27. The molecule has 1 atom stereocenters. The molecule has 9 heteroatoms. The van der Waals surface area contributed by atoms with Gasteiger partial charge in [-0.3, -0.25) is 9.48 Å². The number of anilines is 1. The monoisotopic (exact) mass is 364 g/mol. The van der Waals surface area contributed by atoms with Crippen LogP contribution < -0.4 is 9.64 Å². The summed E-state index contributed by atoms with van der Waals surface area (Å²) in [4.78, 5) is 14.4. The van der Waals surface area contributed by atoms with Crippen LogP contribution in [0, 0.1) is 0 Å². The summed E-state index contributed by atoms with van der Waals surface area (Å²) in [5, 5.41) is 3.90. The van der Waals surface area contributed by atoms with Crippen LogP contribution in [-0.4, -0.2) is 54.7 Å². The number of hydrogen-bond donors (Lipinski definition) is 0. The highest BCUT2D eigenvalue weighted by atomic mass is 32.2. The molecule has 0 bridgehead atoms. The molecule has 2 aromatic rings. The van der Waals surface area contributed by atoms with Crippen molar-refractivity contribution < 1.29 is 17.9 Å². The Morgan fingerprint density at radius 3 is 2.44 bits per heavy atom. The number of aromatic nitrogens is 2. The third kappa shape index (κ3) is 3.12. The van der Waals surface area contributed by atoms with Gasteiger partial charge in [0.05, 0.1) is 13.3 Å². The first-order valence-electron chi connectivity index (χ1n) is 7.80. The number of piperazine rings is 1. The Hall–Kier alpha value is -2.39. The lowest BCUT2D eigenvalue weighted by Gasteiger charge is -2.38. The number of amides is 1. The van der Waals surface area contributed by atoms with Crippen LogP contribution in [0.25, 0.3) is 0 Å². The standard InChI is InChI=1S/C16H20N4O4S/c1-12-16(21)19(13-4-6-14(24-3)7-5-13)8-9-20(12)25(22,23)15-10-17-18(2)11-15/h4-7,10-12H,8-9H2,1-3H3/t12-/m0/s1. The Morgan fingerprint density at radius 2 is 1.88 bits per heavy atom. The highest BCUT2D eigenvalue weighted by Crippen LogP contribution is 2.26. The molecular formula is C16H20N4O4S. The van der Waals surface area contributed by atoms with E-state index < -0.39 is 16.1 Å². The summed E-state index contributed by atoms with van der Waals surface area (Å²) in [6.45, 7) is 2.11. The van der Waals surface area contributed by atoms with Crippen molar-refractivity contribution >= 4 is 21.6 Å². The minimum Gasteiger partial charge on any atom is -0.497 e. The maximum absolute atomic E-state index is 12.8. The zero-order chi connectivity index (χ0) is 18.2. The van der Waals surface area contributed by atoms with Crippen molar-refractivity contribution in [3.8, 4) is 5.75 Å². The fraction of sp³-hybridized carbons (Fsp3) is 0.375. The number of nitrogens with zero attached hydrogens (tertiary/aromatic N) is 4. The van der Waals surface area contributed by atoms with E-state index in [1.807, 2.05) is 0 Å². The van der Waals surface area contributed by atoms with Crippen molar-refractivity contribution in [3.05, 3.63) is 36.7 Å². The lowest BCUT2D eigenvalue weighted by Crippen LogP contribution is -2.57. The number of hydrogen-bond acceptors (Lipinski definition) is 5. The number of benzene rings is 1. The molecule has 0 unspecified atom stereocenters. The maximum atomic E-state index is 12.8. The SMILES string of the molecule is COc1ccc(N2CCN(S(=O)(=O)c3cnn(C)c3)[C@@H](C)C2=O)cc1. The van der Waals surface area contributed by atoms with Crippen LogP contribution in [0.5, 0.6) is 5.75 Å². The van der Waals surface area contributed by atoms with Crippen LogP contribution in [0.4, 0.5) is 5.69 Å². The van der Waals surface area contributed by atoms with Crippen molar-refractivity contribution in [1.29, 1.82) is 0 Å². The van der Waals surface area contributed by atoms with Crippen LogP contribution in [0.15, 0.2) is 41.6 Å². The van der Waals surface area contributed by atoms with Crippen LogP contribution in [0.3, 0.4) is 0 Å². The van der Waals surface area contributed by atoms with E-state index >= 15 is 0 Å². The lowest BCUT2D eigenvalue weighted by atomic mass is 10.2. The molecule has 1 fully saturated rings. The second kappa shape index (κ2) is 6.49. The van der Waals surface area contributed by atoms with Gasteiger partial charge in [0.2, 0.25) is 15.9 Å². The first kappa shape index (κ1) is 17.4. The lowest BCUT2D eigenvalue weighted by molar-refractivity contribution is -0.123. The molecular weight excluding hydrogens is 344 g/mol. The topological polar surface area (TPSA) is 84.7 Å². The molecule has 0 radical (unpaired) electrons. The quantitative estimate of drug-likeness (QED) is 0.803. The smallest absolute Gasteiger partial charge is 0.246 e. The van der Waals surface area contributed by atoms with E-state index in [0.717, 1.165) is 5.69 Å². The molecule has 1 aromatic heterocycles. The predicted molar refractivity (Wildman–Crippen MR) is 91.9 cm³/mol. The van der Waals surface area contributed by atoms with Gasteiger partial charge in [-0.15, -0.1) is 0 Å². The Labute approximate surface area is 146 Å². The van der Waals surface area contributed by atoms with Crippen LogP contribution in [0.2, 0.25) is 0 Å². The Balaban J connectivity index is 1.83. The van der Waals surface area contributed by atoms with Gasteiger partial charge in [0, 0.05) is 32.0 Å². The molecule has 1 aliphatic heterocycles. The summed E-state index contributed by atoms with van der Waals surface area (Å²) < 4.78 is 33.3. The number of carbonyl (C=O) groups is 1. The Kier molecular flexibility index (Phi) is 4.53. The fourth-order valence-electron chi connectivity index (χ4n) is 2.87. The van der Waals surface area contributed by atoms with Gasteiger partial charge in [0.15, 0.2) is 0 Å². The minimum absolute atomic E-state index is 0.0903. The maximum Gasteiger partial charge on any atom is 0.246 e. The van der Waals surface area contributed by atoms with Gasteiger partial charge in [-0.1, -0.05) is 0 Å². The van der Waals surface area contributed by atoms with E-state index in [-0.39, 0.29) is 23.9 Å². The van der Waals surface area contributed by atoms with E-state index in [2.05, 4.69) is 5.10 Å². The van der Waals surface area contributed by atoms with Gasteiger partial charge in [0.1, 0.15) is 16.7 Å². The Bertz CT molecular complexity index is 876. The summed E-state index contributed by atoms with van der Waals surface area (Å²) in [6.07, 6.45) is 2.73. The van der Waals surface area contributed by atoms with Gasteiger partial charge < -0.3 is 9.64 Å². The molecule has 1 amide bonds. The average Bonchev–Trinajstić information content (AvgIpc) is 3.04. The highest BCUT2D eigenvalue weighted by Gasteiger charge is 2.40. The van der Waals surface area contributed by atoms with Crippen LogP contribution in [0.1, 0.15) is 6.92 Å². The molecule has 0 aliphatic carbocycles. The van der Waals surface area contributed by atoms with Gasteiger partial charge >= 0.3 is 0 Å². The van der Waals surface area contributed by atoms with Gasteiger partial charge in [0.25, 0.3) is 0 Å². The summed E-state index contributed by atoms with van der Waals surface area (Å²) in [5.41, 5.74) is 0.719. The van der Waals surface area contributed by atoms with E-state index in [4.69, 9.17) is 4.74 Å². The van der Waals surface area contributed by atoms with Crippen LogP contribution >= 0.6 is 0 Å². The zero-order valence-electron chi connectivity index (χ0n) is 14.3. The summed E-state index contributed by atoms with van der Waals surface area (Å²) in [5.74, 6) is 0.436. The van der Waals surface area contributed by atoms with Crippen molar-refractivity contribution in [1.82, 2.24) is 14.1 Å². The van der Waals surface area contributed by atoms with Crippen molar-refractivity contribution in [2.24, 2.45) is 7.05 Å². The number of methoxy groups -OCH3 is 1. The molecule has 25 heavy (non-hydrogen) atoms. The van der Waals surface area contributed by atoms with E-state index in [1.165, 1.54) is 21.4 Å². The molecule has 1 aliphatic rings. The number of aryl methyl sites for hydroxylation is 1. The first-order valence-corrected chi connectivity index (χ1v) is 9.24. The van der Waals surface area contributed by atoms with E-state index in [1.54, 1.807) is 50.2 Å². The number of carbonyl (C=O) groups excluding carboxylic acids is 1. The molecule has 134 valence electrons. The molecule has 0 saturated carbocycles. The van der Waals surface area contributed by atoms with Crippen LogP contribution in [-0.2, 0) is 21.9 Å².